The summed E-state index contributed by atoms with van der Waals surface area (Å²) < 4.78 is 0. The molecular weight excluding hydrogens is 232 g/mol. The topological polar surface area (TPSA) is 20.2 Å². The standard InChI is InChI=1S/C18H28O/c1-14-5-7-15(8-6-14)13-18(19)11-9-16(10-12-18)17(2,3)4/h5-8,16,19H,9-13H2,1-4H3. The van der Waals surface area contributed by atoms with Crippen LogP contribution in [0.15, 0.2) is 24.3 Å². The van der Waals surface area contributed by atoms with Gasteiger partial charge in [0.25, 0.3) is 0 Å². The van der Waals surface area contributed by atoms with Crippen LogP contribution in [0.2, 0.25) is 0 Å². The number of aryl methyl sites for hydroxylation is 1. The molecule has 0 aromatic heterocycles. The first-order valence-corrected chi connectivity index (χ1v) is 7.56. The van der Waals surface area contributed by atoms with E-state index in [0.717, 1.165) is 38.0 Å². The summed E-state index contributed by atoms with van der Waals surface area (Å²) in [4.78, 5) is 0. The molecule has 0 amide bonds. The predicted octanol–water partition coefficient (Wildman–Crippen LogP) is 4.50. The Hall–Kier alpha value is -0.820. The maximum Gasteiger partial charge on any atom is 0.0688 e. The zero-order chi connectivity index (χ0) is 14.1. The number of hydrogen-bond acceptors (Lipinski definition) is 1. The molecule has 1 nitrogen and oxygen atoms in total. The summed E-state index contributed by atoms with van der Waals surface area (Å²) in [6.45, 7) is 9.07. The molecule has 1 heteroatoms. The molecule has 0 heterocycles. The van der Waals surface area contributed by atoms with Gasteiger partial charge in [0, 0.05) is 6.42 Å². The van der Waals surface area contributed by atoms with Gasteiger partial charge in [-0.1, -0.05) is 50.6 Å². The van der Waals surface area contributed by atoms with Crippen molar-refractivity contribution in [3.63, 3.8) is 0 Å². The van der Waals surface area contributed by atoms with Crippen LogP contribution in [-0.2, 0) is 6.42 Å². The molecule has 0 saturated heterocycles. The number of hydrogen-bond donors (Lipinski definition) is 1. The number of aliphatic hydroxyl groups is 1. The van der Waals surface area contributed by atoms with Crippen molar-refractivity contribution in [2.24, 2.45) is 11.3 Å². The zero-order valence-corrected chi connectivity index (χ0v) is 12.9. The minimum atomic E-state index is -0.475. The van der Waals surface area contributed by atoms with Crippen molar-refractivity contribution in [2.75, 3.05) is 0 Å². The normalized spacial score (nSPS) is 28.4. The van der Waals surface area contributed by atoms with Crippen molar-refractivity contribution >= 4 is 0 Å². The highest BCUT2D eigenvalue weighted by atomic mass is 16.3. The number of benzene rings is 1. The summed E-state index contributed by atoms with van der Waals surface area (Å²) in [7, 11) is 0. The van der Waals surface area contributed by atoms with Crippen LogP contribution in [0, 0.1) is 18.3 Å². The average molecular weight is 260 g/mol. The van der Waals surface area contributed by atoms with Crippen LogP contribution in [-0.4, -0.2) is 10.7 Å². The average Bonchev–Trinajstić information content (AvgIpc) is 2.31. The third kappa shape index (κ3) is 3.82. The molecular formula is C18H28O. The highest BCUT2D eigenvalue weighted by Crippen LogP contribution is 2.42. The first-order chi connectivity index (χ1) is 8.78. The Bertz CT molecular complexity index is 402. The van der Waals surface area contributed by atoms with E-state index in [1.54, 1.807) is 0 Å². The van der Waals surface area contributed by atoms with E-state index in [2.05, 4.69) is 52.0 Å². The summed E-state index contributed by atoms with van der Waals surface area (Å²) in [5.41, 5.74) is 2.46. The van der Waals surface area contributed by atoms with Gasteiger partial charge in [-0.15, -0.1) is 0 Å². The molecule has 19 heavy (non-hydrogen) atoms. The van der Waals surface area contributed by atoms with Crippen molar-refractivity contribution in [1.82, 2.24) is 0 Å². The van der Waals surface area contributed by atoms with E-state index in [9.17, 15) is 5.11 Å². The van der Waals surface area contributed by atoms with E-state index in [4.69, 9.17) is 0 Å². The Morgan fingerprint density at radius 2 is 1.63 bits per heavy atom. The minimum absolute atomic E-state index is 0.380. The van der Waals surface area contributed by atoms with E-state index in [1.165, 1.54) is 11.1 Å². The van der Waals surface area contributed by atoms with E-state index in [0.29, 0.717) is 5.41 Å². The van der Waals surface area contributed by atoms with Crippen LogP contribution in [0.25, 0.3) is 0 Å². The van der Waals surface area contributed by atoms with Gasteiger partial charge in [0.05, 0.1) is 5.60 Å². The molecule has 0 atom stereocenters. The molecule has 1 fully saturated rings. The van der Waals surface area contributed by atoms with Crippen molar-refractivity contribution in [3.8, 4) is 0 Å². The molecule has 0 aliphatic heterocycles. The molecule has 106 valence electrons. The van der Waals surface area contributed by atoms with E-state index >= 15 is 0 Å². The Morgan fingerprint density at radius 1 is 1.11 bits per heavy atom. The zero-order valence-electron chi connectivity index (χ0n) is 12.9. The molecule has 1 aliphatic rings. The molecule has 1 aromatic rings. The molecule has 1 N–H and O–H groups in total. The van der Waals surface area contributed by atoms with Crippen LogP contribution in [0.1, 0.15) is 57.6 Å². The van der Waals surface area contributed by atoms with Crippen molar-refractivity contribution < 1.29 is 5.11 Å². The van der Waals surface area contributed by atoms with Crippen molar-refractivity contribution in [1.29, 1.82) is 0 Å². The van der Waals surface area contributed by atoms with E-state index < -0.39 is 5.60 Å². The highest BCUT2D eigenvalue weighted by molar-refractivity contribution is 5.23. The molecule has 0 bridgehead atoms. The lowest BCUT2D eigenvalue weighted by atomic mass is 9.67. The molecule has 1 aromatic carbocycles. The number of rotatable bonds is 2. The summed E-state index contributed by atoms with van der Waals surface area (Å²) in [5.74, 6) is 0.755. The lowest BCUT2D eigenvalue weighted by Crippen LogP contribution is -2.39. The van der Waals surface area contributed by atoms with Gasteiger partial charge in [-0.3, -0.25) is 0 Å². The minimum Gasteiger partial charge on any atom is -0.390 e. The van der Waals surface area contributed by atoms with Gasteiger partial charge in [0.1, 0.15) is 0 Å². The maximum absolute atomic E-state index is 10.8. The maximum atomic E-state index is 10.8. The highest BCUT2D eigenvalue weighted by Gasteiger charge is 2.37. The Morgan fingerprint density at radius 3 is 2.11 bits per heavy atom. The first kappa shape index (κ1) is 14.6. The van der Waals surface area contributed by atoms with Crippen LogP contribution in [0.4, 0.5) is 0 Å². The summed E-state index contributed by atoms with van der Waals surface area (Å²) in [6, 6.07) is 8.59. The fourth-order valence-electron chi connectivity index (χ4n) is 3.28. The lowest BCUT2D eigenvalue weighted by molar-refractivity contribution is -0.0245. The summed E-state index contributed by atoms with van der Waals surface area (Å²) >= 11 is 0. The van der Waals surface area contributed by atoms with Gasteiger partial charge in [-0.25, -0.2) is 0 Å². The second kappa shape index (κ2) is 5.28. The molecule has 0 unspecified atom stereocenters. The van der Waals surface area contributed by atoms with Crippen molar-refractivity contribution in [3.05, 3.63) is 35.4 Å². The van der Waals surface area contributed by atoms with Crippen molar-refractivity contribution in [2.45, 2.75) is 65.4 Å². The van der Waals surface area contributed by atoms with E-state index in [-0.39, 0.29) is 0 Å². The smallest absolute Gasteiger partial charge is 0.0688 e. The SMILES string of the molecule is Cc1ccc(CC2(O)CCC(C(C)(C)C)CC2)cc1. The fourth-order valence-corrected chi connectivity index (χ4v) is 3.28. The van der Waals surface area contributed by atoms with Crippen LogP contribution in [0.5, 0.6) is 0 Å². The van der Waals surface area contributed by atoms with Gasteiger partial charge >= 0.3 is 0 Å². The van der Waals surface area contributed by atoms with Gasteiger partial charge in [0.2, 0.25) is 0 Å². The Balaban J connectivity index is 1.96. The monoisotopic (exact) mass is 260 g/mol. The first-order valence-electron chi connectivity index (χ1n) is 7.56. The van der Waals surface area contributed by atoms with Crippen LogP contribution < -0.4 is 0 Å². The molecule has 2 rings (SSSR count). The third-order valence-corrected chi connectivity index (χ3v) is 4.79. The van der Waals surface area contributed by atoms with Gasteiger partial charge < -0.3 is 5.11 Å². The second-order valence-electron chi connectivity index (χ2n) is 7.53. The Kier molecular flexibility index (Phi) is 4.06. The fraction of sp³-hybridized carbons (Fsp3) is 0.667. The van der Waals surface area contributed by atoms with Crippen LogP contribution >= 0.6 is 0 Å². The largest absolute Gasteiger partial charge is 0.390 e. The van der Waals surface area contributed by atoms with Gasteiger partial charge in [-0.2, -0.15) is 0 Å². The Labute approximate surface area is 118 Å². The molecule has 0 radical (unpaired) electrons. The predicted molar refractivity (Wildman–Crippen MR) is 81.2 cm³/mol. The molecule has 0 spiro atoms. The summed E-state index contributed by atoms with van der Waals surface area (Å²) in [5, 5.41) is 10.8. The van der Waals surface area contributed by atoms with Crippen LogP contribution in [0.3, 0.4) is 0 Å². The molecule has 1 aliphatic carbocycles. The van der Waals surface area contributed by atoms with E-state index in [1.807, 2.05) is 0 Å². The third-order valence-electron chi connectivity index (χ3n) is 4.79. The van der Waals surface area contributed by atoms with Gasteiger partial charge in [-0.05, 0) is 49.5 Å². The van der Waals surface area contributed by atoms with Gasteiger partial charge in [0.15, 0.2) is 0 Å². The molecule has 1 saturated carbocycles. The quantitative estimate of drug-likeness (QED) is 0.829. The summed E-state index contributed by atoms with van der Waals surface area (Å²) in [6.07, 6.45) is 5.02. The lowest BCUT2D eigenvalue weighted by Gasteiger charge is -2.41. The second-order valence-corrected chi connectivity index (χ2v) is 7.53.